The summed E-state index contributed by atoms with van der Waals surface area (Å²) in [6.45, 7) is 1.07. The van der Waals surface area contributed by atoms with Crippen LogP contribution < -0.4 is 9.61 Å². The molecule has 0 saturated heterocycles. The van der Waals surface area contributed by atoms with Crippen LogP contribution in [0.5, 0.6) is 5.75 Å². The van der Waals surface area contributed by atoms with E-state index in [9.17, 15) is 4.79 Å². The highest BCUT2D eigenvalue weighted by Crippen LogP contribution is 2.31. The lowest BCUT2D eigenvalue weighted by atomic mass is 10.3. The van der Waals surface area contributed by atoms with Crippen molar-refractivity contribution < 1.29 is 9.47 Å². The number of hydrogen-bond acceptors (Lipinski definition) is 4. The Bertz CT molecular complexity index is 590. The largest absolute Gasteiger partial charge is 0.495 e. The number of ether oxygens (including phenoxy) is 2. The maximum Gasteiger partial charge on any atom is 0.308 e. The molecule has 92 valence electrons. The monoisotopic (exact) mass is 317 g/mol. The van der Waals surface area contributed by atoms with Gasteiger partial charge in [0.2, 0.25) is 0 Å². The van der Waals surface area contributed by atoms with Crippen LogP contribution in [-0.2, 0) is 11.3 Å². The van der Waals surface area contributed by atoms with Crippen LogP contribution >= 0.6 is 27.3 Å². The number of halogens is 1. The molecule has 0 amide bonds. The van der Waals surface area contributed by atoms with Gasteiger partial charge < -0.3 is 9.47 Å². The molecular weight excluding hydrogens is 306 g/mol. The van der Waals surface area contributed by atoms with E-state index in [1.807, 2.05) is 12.1 Å². The summed E-state index contributed by atoms with van der Waals surface area (Å²) in [6, 6.07) is 3.77. The standard InChI is InChI=1S/C11H12BrNO3S/c1-15-4-3-13-8-6-9(16-2)7(12)5-10(8)17-11(13)14/h5-6H,3-4H2,1-2H3. The van der Waals surface area contributed by atoms with Gasteiger partial charge in [0, 0.05) is 13.2 Å². The molecule has 1 heterocycles. The Balaban J connectivity index is 2.59. The second kappa shape index (κ2) is 5.20. The van der Waals surface area contributed by atoms with E-state index < -0.39 is 0 Å². The summed E-state index contributed by atoms with van der Waals surface area (Å²) >= 11 is 4.64. The van der Waals surface area contributed by atoms with Gasteiger partial charge in [0.1, 0.15) is 5.75 Å². The predicted octanol–water partition coefficient (Wildman–Crippen LogP) is 2.48. The first-order valence-corrected chi connectivity index (χ1v) is 6.64. The number of hydrogen-bond donors (Lipinski definition) is 0. The van der Waals surface area contributed by atoms with Crippen molar-refractivity contribution >= 4 is 37.5 Å². The summed E-state index contributed by atoms with van der Waals surface area (Å²) in [5, 5.41) is 0. The van der Waals surface area contributed by atoms with Gasteiger partial charge in [0.25, 0.3) is 0 Å². The zero-order valence-corrected chi connectivity index (χ0v) is 11.9. The Morgan fingerprint density at radius 3 is 2.82 bits per heavy atom. The minimum Gasteiger partial charge on any atom is -0.495 e. The molecule has 0 aliphatic heterocycles. The summed E-state index contributed by atoms with van der Waals surface area (Å²) in [4.78, 5) is 11.9. The molecule has 0 saturated carbocycles. The van der Waals surface area contributed by atoms with Gasteiger partial charge in [0.05, 0.1) is 35.0 Å². The average Bonchev–Trinajstić information content (AvgIpc) is 2.60. The van der Waals surface area contributed by atoms with E-state index >= 15 is 0 Å². The van der Waals surface area contributed by atoms with Crippen molar-refractivity contribution in [2.75, 3.05) is 20.8 Å². The van der Waals surface area contributed by atoms with E-state index in [2.05, 4.69) is 15.9 Å². The van der Waals surface area contributed by atoms with Crippen LogP contribution in [0.2, 0.25) is 0 Å². The van der Waals surface area contributed by atoms with E-state index in [4.69, 9.17) is 9.47 Å². The lowest BCUT2D eigenvalue weighted by Gasteiger charge is -2.06. The molecule has 0 N–H and O–H groups in total. The van der Waals surface area contributed by atoms with Crippen molar-refractivity contribution in [1.82, 2.24) is 4.57 Å². The predicted molar refractivity (Wildman–Crippen MR) is 72.2 cm³/mol. The van der Waals surface area contributed by atoms with Gasteiger partial charge in [-0.05, 0) is 22.0 Å². The molecule has 0 bridgehead atoms. The van der Waals surface area contributed by atoms with Crippen LogP contribution in [-0.4, -0.2) is 25.4 Å². The molecule has 6 heteroatoms. The Hall–Kier alpha value is -0.850. The molecular formula is C11H12BrNO3S. The van der Waals surface area contributed by atoms with Gasteiger partial charge in [-0.15, -0.1) is 0 Å². The Labute approximate surface area is 111 Å². The smallest absolute Gasteiger partial charge is 0.308 e. The topological polar surface area (TPSA) is 40.5 Å². The zero-order chi connectivity index (χ0) is 12.4. The van der Waals surface area contributed by atoms with Gasteiger partial charge in [-0.2, -0.15) is 0 Å². The summed E-state index contributed by atoms with van der Waals surface area (Å²) < 4.78 is 13.7. The van der Waals surface area contributed by atoms with Crippen molar-refractivity contribution in [2.45, 2.75) is 6.54 Å². The highest BCUT2D eigenvalue weighted by molar-refractivity contribution is 9.10. The summed E-state index contributed by atoms with van der Waals surface area (Å²) in [6.07, 6.45) is 0. The number of nitrogens with zero attached hydrogens (tertiary/aromatic N) is 1. The molecule has 0 unspecified atom stereocenters. The number of benzene rings is 1. The molecule has 4 nitrogen and oxygen atoms in total. The van der Waals surface area contributed by atoms with Crippen molar-refractivity contribution in [3.05, 3.63) is 26.3 Å². The Morgan fingerprint density at radius 1 is 1.41 bits per heavy atom. The minimum atomic E-state index is 0.0252. The van der Waals surface area contributed by atoms with E-state index in [-0.39, 0.29) is 4.87 Å². The molecule has 0 atom stereocenters. The zero-order valence-electron chi connectivity index (χ0n) is 9.53. The van der Waals surface area contributed by atoms with E-state index in [1.165, 1.54) is 11.3 Å². The van der Waals surface area contributed by atoms with Crippen LogP contribution in [0.1, 0.15) is 0 Å². The first-order valence-electron chi connectivity index (χ1n) is 5.03. The molecule has 0 aliphatic carbocycles. The second-order valence-electron chi connectivity index (χ2n) is 3.47. The first-order chi connectivity index (χ1) is 8.17. The fraction of sp³-hybridized carbons (Fsp3) is 0.364. The van der Waals surface area contributed by atoms with Crippen LogP contribution in [0.15, 0.2) is 21.4 Å². The number of methoxy groups -OCH3 is 2. The highest BCUT2D eigenvalue weighted by Gasteiger charge is 2.11. The summed E-state index contributed by atoms with van der Waals surface area (Å²) in [5.74, 6) is 0.724. The van der Waals surface area contributed by atoms with Crippen molar-refractivity contribution in [1.29, 1.82) is 0 Å². The van der Waals surface area contributed by atoms with E-state index in [0.717, 1.165) is 20.4 Å². The number of aromatic nitrogens is 1. The molecule has 0 spiro atoms. The molecule has 2 aromatic rings. The van der Waals surface area contributed by atoms with Crippen LogP contribution in [0.25, 0.3) is 10.2 Å². The fourth-order valence-electron chi connectivity index (χ4n) is 1.62. The second-order valence-corrected chi connectivity index (χ2v) is 5.31. The maximum absolute atomic E-state index is 11.8. The van der Waals surface area contributed by atoms with E-state index in [1.54, 1.807) is 18.8 Å². The van der Waals surface area contributed by atoms with Crippen LogP contribution in [0, 0.1) is 0 Å². The first kappa shape index (κ1) is 12.6. The molecule has 0 fully saturated rings. The van der Waals surface area contributed by atoms with E-state index in [0.29, 0.717) is 13.2 Å². The lowest BCUT2D eigenvalue weighted by Crippen LogP contribution is -2.15. The summed E-state index contributed by atoms with van der Waals surface area (Å²) in [7, 11) is 3.23. The van der Waals surface area contributed by atoms with Gasteiger partial charge in [-0.3, -0.25) is 9.36 Å². The van der Waals surface area contributed by atoms with Crippen LogP contribution in [0.3, 0.4) is 0 Å². The van der Waals surface area contributed by atoms with Crippen molar-refractivity contribution in [3.63, 3.8) is 0 Å². The third-order valence-corrected chi connectivity index (χ3v) is 4.02. The SMILES string of the molecule is COCCn1c(=O)sc2cc(Br)c(OC)cc21. The molecule has 2 rings (SSSR count). The molecule has 1 aromatic heterocycles. The number of fused-ring (bicyclic) bond motifs is 1. The normalized spacial score (nSPS) is 11.0. The Morgan fingerprint density at radius 2 is 2.18 bits per heavy atom. The lowest BCUT2D eigenvalue weighted by molar-refractivity contribution is 0.188. The van der Waals surface area contributed by atoms with Crippen LogP contribution in [0.4, 0.5) is 0 Å². The minimum absolute atomic E-state index is 0.0252. The Kier molecular flexibility index (Phi) is 3.86. The molecule has 17 heavy (non-hydrogen) atoms. The van der Waals surface area contributed by atoms with Gasteiger partial charge in [0.15, 0.2) is 0 Å². The third-order valence-electron chi connectivity index (χ3n) is 2.46. The average molecular weight is 318 g/mol. The van der Waals surface area contributed by atoms with Crippen molar-refractivity contribution in [3.8, 4) is 5.75 Å². The summed E-state index contributed by atoms with van der Waals surface area (Å²) in [5.41, 5.74) is 0.886. The molecule has 1 aromatic carbocycles. The fourth-order valence-corrected chi connectivity index (χ4v) is 3.21. The number of rotatable bonds is 4. The van der Waals surface area contributed by atoms with Crippen molar-refractivity contribution in [2.24, 2.45) is 0 Å². The molecule has 0 aliphatic rings. The third kappa shape index (κ3) is 2.38. The quantitative estimate of drug-likeness (QED) is 0.869. The van der Waals surface area contributed by atoms with Gasteiger partial charge >= 0.3 is 4.87 Å². The van der Waals surface area contributed by atoms with Gasteiger partial charge in [-0.1, -0.05) is 11.3 Å². The van der Waals surface area contributed by atoms with Gasteiger partial charge in [-0.25, -0.2) is 0 Å². The highest BCUT2D eigenvalue weighted by atomic mass is 79.9. The maximum atomic E-state index is 11.8. The molecule has 0 radical (unpaired) electrons. The number of thiazole rings is 1.